The van der Waals surface area contributed by atoms with Crippen molar-refractivity contribution < 1.29 is 26.8 Å². The number of benzene rings is 2. The van der Waals surface area contributed by atoms with Gasteiger partial charge in [0.15, 0.2) is 11.6 Å². The zero-order chi connectivity index (χ0) is 26.5. The van der Waals surface area contributed by atoms with Gasteiger partial charge in [0.2, 0.25) is 21.8 Å². The topological polar surface area (TPSA) is 86.8 Å². The minimum atomic E-state index is -4.03. The predicted molar refractivity (Wildman–Crippen MR) is 135 cm³/mol. The Kier molecular flexibility index (Phi) is 9.05. The second kappa shape index (κ2) is 11.8. The molecule has 196 valence electrons. The Labute approximate surface area is 211 Å². The third kappa shape index (κ3) is 7.25. The lowest BCUT2D eigenvalue weighted by atomic mass is 9.95. The molecular formula is C26H33F2N3O4S. The van der Waals surface area contributed by atoms with E-state index < -0.39 is 40.2 Å². The minimum absolute atomic E-state index is 0.0414. The summed E-state index contributed by atoms with van der Waals surface area (Å²) in [4.78, 5) is 27.9. The van der Waals surface area contributed by atoms with Crippen LogP contribution in [0.5, 0.6) is 0 Å². The Hall–Kier alpha value is -3.01. The summed E-state index contributed by atoms with van der Waals surface area (Å²) in [6.45, 7) is 2.94. The molecule has 1 saturated carbocycles. The van der Waals surface area contributed by atoms with Gasteiger partial charge in [-0.2, -0.15) is 0 Å². The van der Waals surface area contributed by atoms with Crippen LogP contribution in [0.25, 0.3) is 0 Å². The Morgan fingerprint density at radius 2 is 1.67 bits per heavy atom. The molecule has 1 aliphatic carbocycles. The van der Waals surface area contributed by atoms with E-state index in [1.807, 2.05) is 31.2 Å². The Bertz CT molecular complexity index is 1180. The average Bonchev–Trinajstić information content (AvgIpc) is 2.83. The third-order valence-corrected chi connectivity index (χ3v) is 7.60. The van der Waals surface area contributed by atoms with Gasteiger partial charge in [-0.25, -0.2) is 17.2 Å². The fourth-order valence-corrected chi connectivity index (χ4v) is 5.14. The van der Waals surface area contributed by atoms with Crippen LogP contribution < -0.4 is 9.62 Å². The molecule has 0 radical (unpaired) electrons. The summed E-state index contributed by atoms with van der Waals surface area (Å²) in [5.74, 6) is -3.32. The molecule has 7 nitrogen and oxygen atoms in total. The summed E-state index contributed by atoms with van der Waals surface area (Å²) in [5.41, 5.74) is 1.62. The van der Waals surface area contributed by atoms with Crippen LogP contribution in [-0.4, -0.2) is 50.0 Å². The van der Waals surface area contributed by atoms with Gasteiger partial charge in [0.1, 0.15) is 12.6 Å². The molecule has 0 bridgehead atoms. The number of amides is 2. The van der Waals surface area contributed by atoms with E-state index >= 15 is 0 Å². The number of carbonyl (C=O) groups excluding carboxylic acids is 2. The number of hydrogen-bond acceptors (Lipinski definition) is 4. The molecule has 1 atom stereocenters. The van der Waals surface area contributed by atoms with Crippen LogP contribution in [-0.2, 0) is 26.2 Å². The molecule has 0 spiro atoms. The zero-order valence-electron chi connectivity index (χ0n) is 20.8. The van der Waals surface area contributed by atoms with Crippen LogP contribution in [0, 0.1) is 18.6 Å². The van der Waals surface area contributed by atoms with Crippen molar-refractivity contribution in [3.63, 3.8) is 0 Å². The number of nitrogens with zero attached hydrogens (tertiary/aromatic N) is 2. The van der Waals surface area contributed by atoms with Gasteiger partial charge in [-0.05, 0) is 44.4 Å². The fourth-order valence-electron chi connectivity index (χ4n) is 4.30. The van der Waals surface area contributed by atoms with Gasteiger partial charge in [-0.1, -0.05) is 49.1 Å². The number of carbonyl (C=O) groups is 2. The first-order valence-corrected chi connectivity index (χ1v) is 13.9. The molecule has 2 amide bonds. The Morgan fingerprint density at radius 1 is 1.03 bits per heavy atom. The van der Waals surface area contributed by atoms with Gasteiger partial charge in [0.05, 0.1) is 11.9 Å². The maximum Gasteiger partial charge on any atom is 0.244 e. The number of rotatable bonds is 9. The van der Waals surface area contributed by atoms with E-state index in [1.54, 1.807) is 6.92 Å². The number of halogens is 2. The quantitative estimate of drug-likeness (QED) is 0.542. The van der Waals surface area contributed by atoms with Crippen LogP contribution in [0.2, 0.25) is 0 Å². The summed E-state index contributed by atoms with van der Waals surface area (Å²) in [6, 6.07) is 9.23. The van der Waals surface area contributed by atoms with Crippen LogP contribution in [0.3, 0.4) is 0 Å². The predicted octanol–water partition coefficient (Wildman–Crippen LogP) is 3.91. The molecule has 0 aromatic heterocycles. The van der Waals surface area contributed by atoms with Crippen molar-refractivity contribution >= 4 is 27.5 Å². The van der Waals surface area contributed by atoms with Gasteiger partial charge in [-0.15, -0.1) is 0 Å². The van der Waals surface area contributed by atoms with E-state index in [2.05, 4.69) is 5.32 Å². The van der Waals surface area contributed by atoms with E-state index in [4.69, 9.17) is 0 Å². The molecule has 0 heterocycles. The molecule has 1 fully saturated rings. The summed E-state index contributed by atoms with van der Waals surface area (Å²) in [6.07, 6.45) is 5.83. The highest BCUT2D eigenvalue weighted by molar-refractivity contribution is 7.92. The second-order valence-electron chi connectivity index (χ2n) is 9.39. The number of anilines is 1. The minimum Gasteiger partial charge on any atom is -0.352 e. The molecule has 36 heavy (non-hydrogen) atoms. The molecule has 0 aliphatic heterocycles. The van der Waals surface area contributed by atoms with E-state index in [0.29, 0.717) is 4.31 Å². The van der Waals surface area contributed by atoms with Crippen molar-refractivity contribution in [3.05, 3.63) is 65.2 Å². The van der Waals surface area contributed by atoms with Gasteiger partial charge >= 0.3 is 0 Å². The summed E-state index contributed by atoms with van der Waals surface area (Å²) in [7, 11) is -4.03. The highest BCUT2D eigenvalue weighted by Gasteiger charge is 2.31. The fraction of sp³-hybridized carbons (Fsp3) is 0.462. The SMILES string of the molecule is Cc1ccc(CN(C(=O)CN(c2ccc(F)c(F)c2)S(C)(=O)=O)[C@@H](C)C(=O)NC2CCCCC2)cc1. The summed E-state index contributed by atoms with van der Waals surface area (Å²) < 4.78 is 53.0. The average molecular weight is 522 g/mol. The smallest absolute Gasteiger partial charge is 0.244 e. The number of hydrogen-bond donors (Lipinski definition) is 1. The lowest BCUT2D eigenvalue weighted by Gasteiger charge is -2.33. The largest absolute Gasteiger partial charge is 0.352 e. The Balaban J connectivity index is 1.87. The van der Waals surface area contributed by atoms with Crippen molar-refractivity contribution in [2.45, 2.75) is 64.6 Å². The maximum absolute atomic E-state index is 13.9. The lowest BCUT2D eigenvalue weighted by Crippen LogP contribution is -2.53. The molecule has 0 unspecified atom stereocenters. The van der Waals surface area contributed by atoms with Crippen molar-refractivity contribution in [1.29, 1.82) is 0 Å². The summed E-state index contributed by atoms with van der Waals surface area (Å²) in [5, 5.41) is 3.02. The van der Waals surface area contributed by atoms with Crippen LogP contribution in [0.15, 0.2) is 42.5 Å². The molecule has 3 rings (SSSR count). The van der Waals surface area contributed by atoms with Crippen LogP contribution >= 0.6 is 0 Å². The van der Waals surface area contributed by atoms with E-state index in [9.17, 15) is 26.8 Å². The van der Waals surface area contributed by atoms with Crippen molar-refractivity contribution in [3.8, 4) is 0 Å². The van der Waals surface area contributed by atoms with E-state index in [0.717, 1.165) is 67.7 Å². The number of aryl methyl sites for hydroxylation is 1. The molecule has 2 aromatic carbocycles. The van der Waals surface area contributed by atoms with Crippen molar-refractivity contribution in [1.82, 2.24) is 10.2 Å². The molecular weight excluding hydrogens is 488 g/mol. The first kappa shape index (κ1) is 27.6. The van der Waals surface area contributed by atoms with Gasteiger partial charge < -0.3 is 10.2 Å². The van der Waals surface area contributed by atoms with Gasteiger partial charge in [0.25, 0.3) is 0 Å². The first-order chi connectivity index (χ1) is 17.0. The van der Waals surface area contributed by atoms with Crippen molar-refractivity contribution in [2.75, 3.05) is 17.1 Å². The maximum atomic E-state index is 13.9. The Morgan fingerprint density at radius 3 is 2.25 bits per heavy atom. The second-order valence-corrected chi connectivity index (χ2v) is 11.3. The highest BCUT2D eigenvalue weighted by Crippen LogP contribution is 2.22. The lowest BCUT2D eigenvalue weighted by molar-refractivity contribution is -0.139. The molecule has 0 saturated heterocycles. The monoisotopic (exact) mass is 521 g/mol. The van der Waals surface area contributed by atoms with E-state index in [1.165, 1.54) is 4.90 Å². The van der Waals surface area contributed by atoms with Crippen molar-refractivity contribution in [2.24, 2.45) is 0 Å². The molecule has 10 heteroatoms. The van der Waals surface area contributed by atoms with Gasteiger partial charge in [0, 0.05) is 18.7 Å². The molecule has 2 aromatic rings. The third-order valence-electron chi connectivity index (χ3n) is 6.46. The number of nitrogens with one attached hydrogen (secondary N) is 1. The molecule has 1 N–H and O–H groups in total. The normalized spacial score (nSPS) is 15.2. The molecule has 1 aliphatic rings. The zero-order valence-corrected chi connectivity index (χ0v) is 21.7. The van der Waals surface area contributed by atoms with Crippen LogP contribution in [0.4, 0.5) is 14.5 Å². The van der Waals surface area contributed by atoms with Gasteiger partial charge in [-0.3, -0.25) is 13.9 Å². The highest BCUT2D eigenvalue weighted by atomic mass is 32.2. The number of sulfonamides is 1. The summed E-state index contributed by atoms with van der Waals surface area (Å²) >= 11 is 0. The first-order valence-electron chi connectivity index (χ1n) is 12.0. The van der Waals surface area contributed by atoms with Crippen LogP contribution in [0.1, 0.15) is 50.2 Å². The van der Waals surface area contributed by atoms with E-state index in [-0.39, 0.29) is 24.2 Å². The standard InChI is InChI=1S/C26H33F2N3O4S/c1-18-9-11-20(12-10-18)16-30(19(2)26(33)29-21-7-5-4-6-8-21)25(32)17-31(36(3,34)35)22-13-14-23(27)24(28)15-22/h9-15,19,21H,4-8,16-17H2,1-3H3,(H,29,33)/t19-/m0/s1.